The number of nitrogens with one attached hydrogen (secondary N) is 4. The van der Waals surface area contributed by atoms with E-state index in [9.17, 15) is 19.2 Å². The van der Waals surface area contributed by atoms with Crippen LogP contribution in [0.5, 0.6) is 0 Å². The van der Waals surface area contributed by atoms with Crippen LogP contribution < -0.4 is 21.7 Å². The third-order valence-electron chi connectivity index (χ3n) is 4.42. The van der Waals surface area contributed by atoms with Gasteiger partial charge in [0.1, 0.15) is 12.1 Å². The number of carbonyl (C=O) groups excluding carboxylic acids is 3. The van der Waals surface area contributed by atoms with E-state index in [0.29, 0.717) is 5.69 Å². The number of nitrogens with zero attached hydrogens (tertiary/aromatic N) is 1. The number of rotatable bonds is 11. The molecule has 0 saturated carbocycles. The molecular weight excluding hydrogens is 404 g/mol. The van der Waals surface area contributed by atoms with Crippen molar-refractivity contribution in [2.75, 3.05) is 6.54 Å². The van der Waals surface area contributed by atoms with Gasteiger partial charge in [0.15, 0.2) is 0 Å². The monoisotopic (exact) mass is 430 g/mol. The van der Waals surface area contributed by atoms with E-state index in [-0.39, 0.29) is 12.8 Å². The van der Waals surface area contributed by atoms with E-state index in [0.717, 1.165) is 5.56 Å². The lowest BCUT2D eigenvalue weighted by Gasteiger charge is -2.21. The Morgan fingerprint density at radius 3 is 2.42 bits per heavy atom. The van der Waals surface area contributed by atoms with Crippen molar-refractivity contribution in [1.29, 1.82) is 0 Å². The molecule has 1 aromatic carbocycles. The van der Waals surface area contributed by atoms with Crippen molar-refractivity contribution >= 4 is 23.7 Å². The van der Waals surface area contributed by atoms with Crippen molar-refractivity contribution in [3.63, 3.8) is 0 Å². The molecule has 3 atom stereocenters. The van der Waals surface area contributed by atoms with Crippen molar-refractivity contribution in [2.45, 2.75) is 37.9 Å². The third kappa shape index (κ3) is 7.90. The second kappa shape index (κ2) is 11.5. The summed E-state index contributed by atoms with van der Waals surface area (Å²) in [6, 6.07) is 6.05. The molecule has 1 heterocycles. The molecule has 11 nitrogen and oxygen atoms in total. The zero-order valence-electron chi connectivity index (χ0n) is 17.0. The smallest absolute Gasteiger partial charge is 0.325 e. The molecule has 7 N–H and O–H groups in total. The van der Waals surface area contributed by atoms with Crippen LogP contribution in [0.1, 0.15) is 18.2 Å². The Kier molecular flexibility index (Phi) is 8.70. The molecular formula is C20H26N6O5. The van der Waals surface area contributed by atoms with Gasteiger partial charge in [-0.1, -0.05) is 30.3 Å². The van der Waals surface area contributed by atoms with Crippen LogP contribution in [0, 0.1) is 0 Å². The van der Waals surface area contributed by atoms with Crippen LogP contribution in [-0.4, -0.2) is 63.4 Å². The van der Waals surface area contributed by atoms with Gasteiger partial charge in [-0.05, 0) is 12.5 Å². The number of hydrogen-bond acceptors (Lipinski definition) is 6. The van der Waals surface area contributed by atoms with Gasteiger partial charge in [0.2, 0.25) is 17.7 Å². The number of carboxylic acids is 1. The van der Waals surface area contributed by atoms with E-state index in [2.05, 4.69) is 25.9 Å². The van der Waals surface area contributed by atoms with Gasteiger partial charge in [0.05, 0.1) is 18.9 Å². The maximum absolute atomic E-state index is 12.7. The molecule has 0 aliphatic heterocycles. The molecule has 0 bridgehead atoms. The predicted molar refractivity (Wildman–Crippen MR) is 111 cm³/mol. The van der Waals surface area contributed by atoms with E-state index in [1.807, 2.05) is 6.07 Å². The normalized spacial score (nSPS) is 13.5. The number of nitrogens with two attached hydrogens (primary N) is 1. The summed E-state index contributed by atoms with van der Waals surface area (Å²) in [5.41, 5.74) is 7.42. The van der Waals surface area contributed by atoms with Gasteiger partial charge in [-0.3, -0.25) is 19.2 Å². The van der Waals surface area contributed by atoms with Crippen molar-refractivity contribution in [1.82, 2.24) is 25.9 Å². The number of H-pyrrole nitrogens is 1. The average Bonchev–Trinajstić information content (AvgIpc) is 3.25. The highest BCUT2D eigenvalue weighted by atomic mass is 16.4. The molecule has 0 radical (unpaired) electrons. The zero-order valence-corrected chi connectivity index (χ0v) is 17.0. The summed E-state index contributed by atoms with van der Waals surface area (Å²) >= 11 is 0. The molecule has 0 aliphatic rings. The minimum absolute atomic E-state index is 0.183. The van der Waals surface area contributed by atoms with E-state index in [1.54, 1.807) is 30.5 Å². The molecule has 0 spiro atoms. The maximum atomic E-state index is 12.7. The van der Waals surface area contributed by atoms with Crippen LogP contribution in [-0.2, 0) is 32.0 Å². The summed E-state index contributed by atoms with van der Waals surface area (Å²) in [5, 5.41) is 16.1. The molecule has 2 rings (SSSR count). The molecule has 11 heteroatoms. The first-order chi connectivity index (χ1) is 14.8. The second-order valence-corrected chi connectivity index (χ2v) is 6.98. The number of aromatic amines is 1. The van der Waals surface area contributed by atoms with Crippen LogP contribution >= 0.6 is 0 Å². The summed E-state index contributed by atoms with van der Waals surface area (Å²) in [5.74, 6) is -2.98. The fourth-order valence-electron chi connectivity index (χ4n) is 2.71. The summed E-state index contributed by atoms with van der Waals surface area (Å²) in [4.78, 5) is 54.6. The van der Waals surface area contributed by atoms with E-state index in [4.69, 9.17) is 10.8 Å². The molecule has 3 unspecified atom stereocenters. The van der Waals surface area contributed by atoms with E-state index >= 15 is 0 Å². The summed E-state index contributed by atoms with van der Waals surface area (Å²) in [6.07, 6.45) is 3.42. The molecule has 31 heavy (non-hydrogen) atoms. The average molecular weight is 430 g/mol. The van der Waals surface area contributed by atoms with Crippen LogP contribution in [0.25, 0.3) is 0 Å². The lowest BCUT2D eigenvalue weighted by molar-refractivity contribution is -0.141. The predicted octanol–water partition coefficient (Wildman–Crippen LogP) is -1.29. The van der Waals surface area contributed by atoms with Gasteiger partial charge in [-0.2, -0.15) is 0 Å². The van der Waals surface area contributed by atoms with Crippen molar-refractivity contribution < 1.29 is 24.3 Å². The quantitative estimate of drug-likeness (QED) is 0.257. The number of amides is 3. The number of hydrogen-bond donors (Lipinski definition) is 6. The van der Waals surface area contributed by atoms with Crippen LogP contribution in [0.2, 0.25) is 0 Å². The highest BCUT2D eigenvalue weighted by Crippen LogP contribution is 2.05. The largest absolute Gasteiger partial charge is 0.480 e. The Bertz CT molecular complexity index is 887. The first kappa shape index (κ1) is 23.5. The van der Waals surface area contributed by atoms with Crippen molar-refractivity contribution in [2.24, 2.45) is 5.73 Å². The zero-order chi connectivity index (χ0) is 22.8. The highest BCUT2D eigenvalue weighted by Gasteiger charge is 2.25. The van der Waals surface area contributed by atoms with Gasteiger partial charge >= 0.3 is 5.97 Å². The molecule has 1 aromatic heterocycles. The lowest BCUT2D eigenvalue weighted by Crippen LogP contribution is -2.54. The summed E-state index contributed by atoms with van der Waals surface area (Å²) in [7, 11) is 0. The van der Waals surface area contributed by atoms with Gasteiger partial charge in [-0.25, -0.2) is 4.98 Å². The molecule has 3 amide bonds. The van der Waals surface area contributed by atoms with Gasteiger partial charge in [0, 0.05) is 24.7 Å². The molecule has 0 saturated heterocycles. The number of imidazole rings is 1. The Morgan fingerprint density at radius 2 is 1.81 bits per heavy atom. The highest BCUT2D eigenvalue weighted by molar-refractivity contribution is 5.92. The van der Waals surface area contributed by atoms with Crippen LogP contribution in [0.4, 0.5) is 0 Å². The third-order valence-corrected chi connectivity index (χ3v) is 4.42. The number of carboxylic acid groups (broad SMARTS) is 1. The second-order valence-electron chi connectivity index (χ2n) is 6.98. The Hall–Kier alpha value is -3.73. The molecule has 166 valence electrons. The number of aliphatic carboxylic acids is 1. The number of aromatic nitrogens is 2. The van der Waals surface area contributed by atoms with Gasteiger partial charge < -0.3 is 31.8 Å². The minimum Gasteiger partial charge on any atom is -0.480 e. The van der Waals surface area contributed by atoms with Gasteiger partial charge in [-0.15, -0.1) is 0 Å². The Balaban J connectivity index is 1.99. The topological polar surface area (TPSA) is 179 Å². The standard InChI is InChI=1S/C20H26N6O5/c1-12(20(30)31)25-17(27)10-23-19(29)16(7-13-5-3-2-4-6-13)26-18(28)15(21)8-14-9-22-11-24-14/h2-6,9,11-12,15-16H,7-8,10,21H2,1H3,(H,22,24)(H,23,29)(H,25,27)(H,26,28)(H,30,31). The minimum atomic E-state index is -1.19. The molecule has 0 aliphatic carbocycles. The van der Waals surface area contributed by atoms with Crippen LogP contribution in [0.15, 0.2) is 42.9 Å². The van der Waals surface area contributed by atoms with Crippen molar-refractivity contribution in [3.8, 4) is 0 Å². The summed E-state index contributed by atoms with van der Waals surface area (Å²) < 4.78 is 0. The van der Waals surface area contributed by atoms with Crippen LogP contribution in [0.3, 0.4) is 0 Å². The van der Waals surface area contributed by atoms with E-state index in [1.165, 1.54) is 13.3 Å². The lowest BCUT2D eigenvalue weighted by atomic mass is 10.0. The number of benzene rings is 1. The summed E-state index contributed by atoms with van der Waals surface area (Å²) in [6.45, 7) is 0.874. The first-order valence-corrected chi connectivity index (χ1v) is 9.63. The Labute approximate surface area is 178 Å². The molecule has 0 fully saturated rings. The first-order valence-electron chi connectivity index (χ1n) is 9.63. The molecule has 2 aromatic rings. The fourth-order valence-corrected chi connectivity index (χ4v) is 2.71. The fraction of sp³-hybridized carbons (Fsp3) is 0.350. The number of carbonyl (C=O) groups is 4. The SMILES string of the molecule is CC(NC(=O)CNC(=O)C(Cc1ccccc1)NC(=O)C(N)Cc1cnc[nH]1)C(=O)O. The Morgan fingerprint density at radius 1 is 1.10 bits per heavy atom. The van der Waals surface area contributed by atoms with Crippen molar-refractivity contribution in [3.05, 3.63) is 54.1 Å². The maximum Gasteiger partial charge on any atom is 0.325 e. The van der Waals surface area contributed by atoms with Gasteiger partial charge in [0.25, 0.3) is 0 Å². The van der Waals surface area contributed by atoms with E-state index < -0.39 is 48.4 Å².